The van der Waals surface area contributed by atoms with Crippen molar-refractivity contribution in [3.8, 4) is 0 Å². The van der Waals surface area contributed by atoms with E-state index in [9.17, 15) is 13.2 Å². The normalized spacial score (nSPS) is 11.1. The minimum atomic E-state index is -4.36. The predicted molar refractivity (Wildman–Crippen MR) is 27.7 cm³/mol. The lowest BCUT2D eigenvalue weighted by molar-refractivity contribution is 0.217. The van der Waals surface area contributed by atoms with Gasteiger partial charge in [0.15, 0.2) is 0 Å². The van der Waals surface area contributed by atoms with Crippen LogP contribution in [0.1, 0.15) is 0 Å². The Morgan fingerprint density at radius 1 is 1.62 bits per heavy atom. The molecule has 0 aliphatic rings. The van der Waals surface area contributed by atoms with Crippen molar-refractivity contribution in [2.45, 2.75) is 0 Å². The molecule has 1 N–H and O–H groups in total. The Bertz CT molecular complexity index is 179. The molecule has 0 aliphatic carbocycles. The van der Waals surface area contributed by atoms with Crippen molar-refractivity contribution in [3.05, 3.63) is 0 Å². The highest BCUT2D eigenvalue weighted by molar-refractivity contribution is 8.03. The Morgan fingerprint density at radius 2 is 2.00 bits per heavy atom. The summed E-state index contributed by atoms with van der Waals surface area (Å²) in [5.41, 5.74) is 0. The summed E-state index contributed by atoms with van der Waals surface area (Å²) in [4.78, 5) is 9.53. The monoisotopic (exact) mass is 158 g/mol. The SMILES string of the molecule is O=C(O)S(=O)(=O)OP. The van der Waals surface area contributed by atoms with Crippen molar-refractivity contribution in [3.63, 3.8) is 0 Å². The third-order valence-corrected chi connectivity index (χ3v) is 1.78. The molecular formula is CH3O5PS. The highest BCUT2D eigenvalue weighted by atomic mass is 32.2. The van der Waals surface area contributed by atoms with Gasteiger partial charge in [-0.05, 0) is 0 Å². The molecule has 0 aromatic heterocycles. The molecule has 0 saturated heterocycles. The van der Waals surface area contributed by atoms with Gasteiger partial charge in [-0.25, -0.2) is 8.76 Å². The first-order chi connectivity index (χ1) is 3.50. The van der Waals surface area contributed by atoms with Crippen molar-refractivity contribution in [1.82, 2.24) is 0 Å². The van der Waals surface area contributed by atoms with Gasteiger partial charge in [-0.3, -0.25) is 0 Å². The van der Waals surface area contributed by atoms with Crippen molar-refractivity contribution < 1.29 is 22.3 Å². The van der Waals surface area contributed by atoms with Gasteiger partial charge >= 0.3 is 15.4 Å². The van der Waals surface area contributed by atoms with Crippen molar-refractivity contribution in [2.24, 2.45) is 0 Å². The van der Waals surface area contributed by atoms with Gasteiger partial charge in [0, 0.05) is 9.47 Å². The van der Waals surface area contributed by atoms with Crippen LogP contribution in [0.2, 0.25) is 0 Å². The highest BCUT2D eigenvalue weighted by Crippen LogP contribution is 1.98. The Hall–Kier alpha value is -0.190. The maximum Gasteiger partial charge on any atom is 0.449 e. The summed E-state index contributed by atoms with van der Waals surface area (Å²) in [5.74, 6) is 0. The minimum Gasteiger partial charge on any atom is -0.468 e. The molecule has 0 saturated carbocycles. The minimum absolute atomic E-state index is 1.32. The van der Waals surface area contributed by atoms with Crippen LogP contribution in [-0.2, 0) is 14.1 Å². The fourth-order valence-electron chi connectivity index (χ4n) is 0.0412. The van der Waals surface area contributed by atoms with Crippen LogP contribution in [0.25, 0.3) is 0 Å². The second-order valence-corrected chi connectivity index (χ2v) is 2.84. The zero-order valence-corrected chi connectivity index (χ0v) is 5.54. The summed E-state index contributed by atoms with van der Waals surface area (Å²) in [6.45, 7) is 0. The Labute approximate surface area is 48.1 Å². The third-order valence-electron chi connectivity index (χ3n) is 0.341. The van der Waals surface area contributed by atoms with Crippen LogP contribution in [0, 0.1) is 0 Å². The zero-order chi connectivity index (χ0) is 6.78. The van der Waals surface area contributed by atoms with Crippen LogP contribution in [-0.4, -0.2) is 18.8 Å². The smallest absolute Gasteiger partial charge is 0.449 e. The van der Waals surface area contributed by atoms with Gasteiger partial charge in [-0.1, -0.05) is 0 Å². The largest absolute Gasteiger partial charge is 0.468 e. The molecule has 8 heavy (non-hydrogen) atoms. The molecule has 0 fully saturated rings. The number of hydrogen-bond acceptors (Lipinski definition) is 4. The fourth-order valence-corrected chi connectivity index (χ4v) is 0.370. The van der Waals surface area contributed by atoms with Gasteiger partial charge in [-0.15, -0.1) is 0 Å². The Kier molecular flexibility index (Phi) is 2.33. The zero-order valence-electron chi connectivity index (χ0n) is 3.57. The summed E-state index contributed by atoms with van der Waals surface area (Å²) in [6, 6.07) is 0. The highest BCUT2D eigenvalue weighted by Gasteiger charge is 2.18. The number of carboxylic acid groups (broad SMARTS) is 1. The fraction of sp³-hybridized carbons (Fsp3) is 0. The Balaban J connectivity index is 4.42. The van der Waals surface area contributed by atoms with Crippen LogP contribution in [0.3, 0.4) is 0 Å². The Morgan fingerprint density at radius 3 is 2.00 bits per heavy atom. The summed E-state index contributed by atoms with van der Waals surface area (Å²) in [6.07, 6.45) is 0. The van der Waals surface area contributed by atoms with Crippen LogP contribution < -0.4 is 0 Å². The summed E-state index contributed by atoms with van der Waals surface area (Å²) >= 11 is 0. The number of carbonyl (C=O) groups is 1. The third kappa shape index (κ3) is 1.73. The van der Waals surface area contributed by atoms with Crippen LogP contribution in [0.4, 0.5) is 4.79 Å². The molecule has 0 rings (SSSR count). The first-order valence-electron chi connectivity index (χ1n) is 1.37. The van der Waals surface area contributed by atoms with Crippen LogP contribution in [0.15, 0.2) is 0 Å². The first kappa shape index (κ1) is 7.81. The molecule has 0 heterocycles. The second-order valence-electron chi connectivity index (χ2n) is 0.816. The number of rotatable bonds is 1. The summed E-state index contributed by atoms with van der Waals surface area (Å²) in [7, 11) is -3.03. The molecule has 0 aliphatic heterocycles. The molecule has 7 heteroatoms. The second kappa shape index (κ2) is 2.39. The van der Waals surface area contributed by atoms with Gasteiger partial charge < -0.3 is 5.11 Å². The van der Waals surface area contributed by atoms with Gasteiger partial charge in [0.05, 0.1) is 0 Å². The lowest BCUT2D eigenvalue weighted by Crippen LogP contribution is -2.09. The molecule has 48 valence electrons. The van der Waals surface area contributed by atoms with E-state index in [1.807, 2.05) is 0 Å². The van der Waals surface area contributed by atoms with Gasteiger partial charge in [0.2, 0.25) is 0 Å². The maximum atomic E-state index is 9.86. The van der Waals surface area contributed by atoms with E-state index >= 15 is 0 Å². The molecule has 5 nitrogen and oxygen atoms in total. The van der Waals surface area contributed by atoms with E-state index in [1.54, 1.807) is 0 Å². The molecule has 1 atom stereocenters. The molecule has 0 aromatic rings. The van der Waals surface area contributed by atoms with E-state index in [2.05, 4.69) is 3.97 Å². The van der Waals surface area contributed by atoms with Crippen molar-refractivity contribution >= 4 is 24.9 Å². The topological polar surface area (TPSA) is 80.7 Å². The van der Waals surface area contributed by atoms with E-state index in [1.165, 1.54) is 9.47 Å². The summed E-state index contributed by atoms with van der Waals surface area (Å²) < 4.78 is 23.2. The lowest BCUT2D eigenvalue weighted by Gasteiger charge is -1.88. The van der Waals surface area contributed by atoms with E-state index < -0.39 is 15.4 Å². The molecule has 0 spiro atoms. The van der Waals surface area contributed by atoms with Crippen molar-refractivity contribution in [2.75, 3.05) is 0 Å². The van der Waals surface area contributed by atoms with Gasteiger partial charge in [0.25, 0.3) is 0 Å². The quantitative estimate of drug-likeness (QED) is 0.534. The van der Waals surface area contributed by atoms with E-state index in [4.69, 9.17) is 5.11 Å². The average Bonchev–Trinajstić information content (AvgIpc) is 1.67. The van der Waals surface area contributed by atoms with Gasteiger partial charge in [-0.2, -0.15) is 8.42 Å². The predicted octanol–water partition coefficient (Wildman–Crippen LogP) is -0.199. The molecular weight excluding hydrogens is 155 g/mol. The molecule has 0 aromatic carbocycles. The first-order valence-corrected chi connectivity index (χ1v) is 3.25. The van der Waals surface area contributed by atoms with Crippen LogP contribution in [0.5, 0.6) is 0 Å². The van der Waals surface area contributed by atoms with E-state index in [0.717, 1.165) is 0 Å². The molecule has 1 unspecified atom stereocenters. The standard InChI is InChI=1S/CH3O5PS/c2-1(3)8(4,5)6-7/h7H2,(H,2,3). The van der Waals surface area contributed by atoms with E-state index in [-0.39, 0.29) is 0 Å². The van der Waals surface area contributed by atoms with E-state index in [0.29, 0.717) is 0 Å². The maximum absolute atomic E-state index is 9.86. The molecule has 0 radical (unpaired) electrons. The number of hydrogen-bond donors (Lipinski definition) is 1. The van der Waals surface area contributed by atoms with Crippen LogP contribution >= 0.6 is 9.47 Å². The average molecular weight is 158 g/mol. The summed E-state index contributed by atoms with van der Waals surface area (Å²) in [5, 5.41) is 5.72. The van der Waals surface area contributed by atoms with Gasteiger partial charge in [0.1, 0.15) is 0 Å². The lowest BCUT2D eigenvalue weighted by atomic mass is 11.6. The molecule has 0 amide bonds. The molecule has 0 bridgehead atoms. The van der Waals surface area contributed by atoms with Crippen molar-refractivity contribution in [1.29, 1.82) is 0 Å².